The number of hydrogen-bond acceptors (Lipinski definition) is 5. The fourth-order valence-electron chi connectivity index (χ4n) is 2.17. The predicted octanol–water partition coefficient (Wildman–Crippen LogP) is 2.57. The molecular formula is C19H21NO5. The molecule has 0 fully saturated rings. The van der Waals surface area contributed by atoms with Gasteiger partial charge in [0, 0.05) is 6.54 Å². The zero-order valence-electron chi connectivity index (χ0n) is 14.4. The monoisotopic (exact) mass is 343 g/mol. The molecule has 0 aliphatic heterocycles. The third-order valence-electron chi connectivity index (χ3n) is 3.61. The number of carbonyl (C=O) groups excluding carboxylic acids is 2. The molecular weight excluding hydrogens is 322 g/mol. The zero-order chi connectivity index (χ0) is 18.2. The number of ether oxygens (including phenoxy) is 3. The van der Waals surface area contributed by atoms with E-state index in [1.165, 1.54) is 14.0 Å². The van der Waals surface area contributed by atoms with Crippen LogP contribution >= 0.6 is 0 Å². The van der Waals surface area contributed by atoms with E-state index in [1.807, 2.05) is 24.3 Å². The van der Waals surface area contributed by atoms with Gasteiger partial charge in [-0.3, -0.25) is 4.79 Å². The number of nitrogens with one attached hydrogen (secondary N) is 1. The fourth-order valence-corrected chi connectivity index (χ4v) is 2.17. The number of amides is 1. The predicted molar refractivity (Wildman–Crippen MR) is 92.7 cm³/mol. The van der Waals surface area contributed by atoms with Gasteiger partial charge in [0.05, 0.1) is 14.2 Å². The number of esters is 1. The van der Waals surface area contributed by atoms with E-state index in [1.54, 1.807) is 31.4 Å². The highest BCUT2D eigenvalue weighted by molar-refractivity contribution is 5.94. The molecule has 132 valence electrons. The molecule has 0 heterocycles. The van der Waals surface area contributed by atoms with E-state index in [2.05, 4.69) is 5.32 Å². The summed E-state index contributed by atoms with van der Waals surface area (Å²) in [4.78, 5) is 24.3. The maximum atomic E-state index is 12.2. The van der Waals surface area contributed by atoms with Crippen LogP contribution in [-0.2, 0) is 16.1 Å². The minimum Gasteiger partial charge on any atom is -0.497 e. The van der Waals surface area contributed by atoms with Crippen LogP contribution in [0.4, 0.5) is 0 Å². The fraction of sp³-hybridized carbons (Fsp3) is 0.263. The highest BCUT2D eigenvalue weighted by Crippen LogP contribution is 2.19. The third kappa shape index (κ3) is 4.97. The van der Waals surface area contributed by atoms with Crippen molar-refractivity contribution in [3.05, 3.63) is 59.7 Å². The molecule has 2 rings (SSSR count). The molecule has 1 N–H and O–H groups in total. The zero-order valence-corrected chi connectivity index (χ0v) is 14.4. The van der Waals surface area contributed by atoms with Crippen molar-refractivity contribution in [2.45, 2.75) is 19.6 Å². The van der Waals surface area contributed by atoms with Crippen LogP contribution in [0.15, 0.2) is 48.5 Å². The number of para-hydroxylation sites is 1. The molecule has 1 amide bonds. The summed E-state index contributed by atoms with van der Waals surface area (Å²) in [6.45, 7) is 1.86. The van der Waals surface area contributed by atoms with Crippen LogP contribution in [0, 0.1) is 0 Å². The lowest BCUT2D eigenvalue weighted by Gasteiger charge is -2.15. The molecule has 6 heteroatoms. The Morgan fingerprint density at radius 3 is 2.32 bits per heavy atom. The van der Waals surface area contributed by atoms with Crippen LogP contribution in [0.2, 0.25) is 0 Å². The SMILES string of the molecule is COc1ccc(CNC(=O)[C@@H](C)OC(=O)c2ccccc2OC)cc1. The minimum absolute atomic E-state index is 0.278. The standard InChI is InChI=1S/C19H21NO5/c1-13(25-19(22)16-6-4-5-7-17(16)24-3)18(21)20-12-14-8-10-15(23-2)11-9-14/h4-11,13H,12H2,1-3H3,(H,20,21)/t13-/m1/s1. The van der Waals surface area contributed by atoms with Crippen LogP contribution in [0.5, 0.6) is 11.5 Å². The van der Waals surface area contributed by atoms with Gasteiger partial charge in [0.25, 0.3) is 5.91 Å². The van der Waals surface area contributed by atoms with E-state index in [0.717, 1.165) is 11.3 Å². The lowest BCUT2D eigenvalue weighted by Crippen LogP contribution is -2.35. The van der Waals surface area contributed by atoms with Crippen LogP contribution in [0.1, 0.15) is 22.8 Å². The normalized spacial score (nSPS) is 11.3. The summed E-state index contributed by atoms with van der Waals surface area (Å²) >= 11 is 0. The molecule has 2 aromatic carbocycles. The summed E-state index contributed by atoms with van der Waals surface area (Å²) in [5.41, 5.74) is 1.19. The van der Waals surface area contributed by atoms with Crippen molar-refractivity contribution in [2.75, 3.05) is 14.2 Å². The van der Waals surface area contributed by atoms with Gasteiger partial charge in [0.2, 0.25) is 0 Å². The van der Waals surface area contributed by atoms with Crippen LogP contribution in [0.25, 0.3) is 0 Å². The lowest BCUT2D eigenvalue weighted by atomic mass is 10.2. The second-order valence-corrected chi connectivity index (χ2v) is 5.31. The third-order valence-corrected chi connectivity index (χ3v) is 3.61. The molecule has 2 aromatic rings. The molecule has 0 unspecified atom stereocenters. The largest absolute Gasteiger partial charge is 0.497 e. The molecule has 6 nitrogen and oxygen atoms in total. The van der Waals surface area contributed by atoms with E-state index in [4.69, 9.17) is 14.2 Å². The molecule has 0 spiro atoms. The van der Waals surface area contributed by atoms with E-state index in [9.17, 15) is 9.59 Å². The summed E-state index contributed by atoms with van der Waals surface area (Å²) in [5, 5.41) is 2.73. The van der Waals surface area contributed by atoms with E-state index in [-0.39, 0.29) is 11.5 Å². The number of benzene rings is 2. The Labute approximate surface area is 146 Å². The maximum absolute atomic E-state index is 12.2. The van der Waals surface area contributed by atoms with Gasteiger partial charge in [0.1, 0.15) is 17.1 Å². The van der Waals surface area contributed by atoms with Gasteiger partial charge >= 0.3 is 5.97 Å². The topological polar surface area (TPSA) is 73.9 Å². The number of hydrogen-bond donors (Lipinski definition) is 1. The number of carbonyl (C=O) groups is 2. The van der Waals surface area contributed by atoms with Crippen molar-refractivity contribution in [3.8, 4) is 11.5 Å². The molecule has 0 aliphatic carbocycles. The van der Waals surface area contributed by atoms with Gasteiger partial charge in [-0.2, -0.15) is 0 Å². The second kappa shape index (κ2) is 8.73. The van der Waals surface area contributed by atoms with Gasteiger partial charge in [-0.05, 0) is 36.8 Å². The molecule has 0 aromatic heterocycles. The van der Waals surface area contributed by atoms with E-state index >= 15 is 0 Å². The number of rotatable bonds is 7. The van der Waals surface area contributed by atoms with Crippen LogP contribution in [-0.4, -0.2) is 32.2 Å². The van der Waals surface area contributed by atoms with Gasteiger partial charge in [0.15, 0.2) is 6.10 Å². The van der Waals surface area contributed by atoms with Gasteiger partial charge in [-0.1, -0.05) is 24.3 Å². The highest BCUT2D eigenvalue weighted by Gasteiger charge is 2.20. The van der Waals surface area contributed by atoms with E-state index < -0.39 is 12.1 Å². The first-order valence-electron chi connectivity index (χ1n) is 7.79. The summed E-state index contributed by atoms with van der Waals surface area (Å²) in [6.07, 6.45) is -0.921. The summed E-state index contributed by atoms with van der Waals surface area (Å²) in [5.74, 6) is 0.163. The quantitative estimate of drug-likeness (QED) is 0.782. The Balaban J connectivity index is 1.89. The lowest BCUT2D eigenvalue weighted by molar-refractivity contribution is -0.129. The average molecular weight is 343 g/mol. The van der Waals surface area contributed by atoms with Gasteiger partial charge < -0.3 is 19.5 Å². The molecule has 0 saturated heterocycles. The van der Waals surface area contributed by atoms with Crippen molar-refractivity contribution >= 4 is 11.9 Å². The van der Waals surface area contributed by atoms with Crippen molar-refractivity contribution in [1.29, 1.82) is 0 Å². The Morgan fingerprint density at radius 1 is 1.00 bits per heavy atom. The summed E-state index contributed by atoms with van der Waals surface area (Å²) in [6, 6.07) is 14.0. The first-order chi connectivity index (χ1) is 12.0. The van der Waals surface area contributed by atoms with Crippen molar-refractivity contribution in [1.82, 2.24) is 5.32 Å². The Kier molecular flexibility index (Phi) is 6.39. The summed E-state index contributed by atoms with van der Waals surface area (Å²) in [7, 11) is 3.06. The van der Waals surface area contributed by atoms with Crippen molar-refractivity contribution < 1.29 is 23.8 Å². The summed E-state index contributed by atoms with van der Waals surface area (Å²) < 4.78 is 15.4. The first-order valence-corrected chi connectivity index (χ1v) is 7.79. The first kappa shape index (κ1) is 18.3. The highest BCUT2D eigenvalue weighted by atomic mass is 16.5. The molecule has 0 saturated carbocycles. The smallest absolute Gasteiger partial charge is 0.342 e. The Morgan fingerprint density at radius 2 is 1.68 bits per heavy atom. The minimum atomic E-state index is -0.921. The van der Waals surface area contributed by atoms with Crippen molar-refractivity contribution in [2.24, 2.45) is 0 Å². The Hall–Kier alpha value is -3.02. The molecule has 0 aliphatic rings. The van der Waals surface area contributed by atoms with Crippen LogP contribution < -0.4 is 14.8 Å². The molecule has 0 radical (unpaired) electrons. The number of methoxy groups -OCH3 is 2. The second-order valence-electron chi connectivity index (χ2n) is 5.31. The molecule has 0 bridgehead atoms. The van der Waals surface area contributed by atoms with Crippen LogP contribution in [0.3, 0.4) is 0 Å². The van der Waals surface area contributed by atoms with Gasteiger partial charge in [-0.15, -0.1) is 0 Å². The maximum Gasteiger partial charge on any atom is 0.342 e. The average Bonchev–Trinajstić information content (AvgIpc) is 2.66. The van der Waals surface area contributed by atoms with E-state index in [0.29, 0.717) is 12.3 Å². The van der Waals surface area contributed by atoms with Gasteiger partial charge in [-0.25, -0.2) is 4.79 Å². The molecule has 25 heavy (non-hydrogen) atoms. The Bertz CT molecular complexity index is 727. The molecule has 1 atom stereocenters. The van der Waals surface area contributed by atoms with Crippen molar-refractivity contribution in [3.63, 3.8) is 0 Å².